The van der Waals surface area contributed by atoms with E-state index in [0.717, 1.165) is 0 Å². The van der Waals surface area contributed by atoms with Crippen LogP contribution in [0.2, 0.25) is 0 Å². The molecule has 4 nitrogen and oxygen atoms in total. The Balaban J connectivity index is 2.24. The van der Waals surface area contributed by atoms with E-state index in [0.29, 0.717) is 28.6 Å². The predicted octanol–water partition coefficient (Wildman–Crippen LogP) is 4.04. The average Bonchev–Trinajstić information content (AvgIpc) is 2.47. The molecule has 0 unspecified atom stereocenters. The Kier molecular flexibility index (Phi) is 4.00. The summed E-state index contributed by atoms with van der Waals surface area (Å²) in [5.41, 5.74) is 6.29. The van der Waals surface area contributed by atoms with Crippen LogP contribution in [0.15, 0.2) is 45.5 Å². The number of hydrogen-bond acceptors (Lipinski definition) is 4. The van der Waals surface area contributed by atoms with Gasteiger partial charge < -0.3 is 10.5 Å². The van der Waals surface area contributed by atoms with Gasteiger partial charge in [0.15, 0.2) is 5.78 Å². The van der Waals surface area contributed by atoms with E-state index in [1.165, 1.54) is 6.07 Å². The number of allylic oxidation sites excluding steroid dienone is 3. The van der Waals surface area contributed by atoms with Crippen molar-refractivity contribution in [2.45, 2.75) is 32.6 Å². The molecule has 1 heterocycles. The summed E-state index contributed by atoms with van der Waals surface area (Å²) in [6, 6.07) is 6.43. The standard InChI is InChI=1S/C18H16BrFN2O2/c1-18(2)6-13(23)16-14(7-18)24-17(22)11(8-21)15(16)10-5-9(19)3-4-12(10)20/h3-5,15H,6-7,22H2,1-2H3/t15-/m0/s1. The lowest BCUT2D eigenvalue weighted by Crippen LogP contribution is -2.33. The van der Waals surface area contributed by atoms with Crippen molar-refractivity contribution < 1.29 is 13.9 Å². The van der Waals surface area contributed by atoms with Gasteiger partial charge in [-0.2, -0.15) is 5.26 Å². The van der Waals surface area contributed by atoms with Gasteiger partial charge in [-0.15, -0.1) is 0 Å². The molecule has 0 bridgehead atoms. The number of rotatable bonds is 1. The highest BCUT2D eigenvalue weighted by molar-refractivity contribution is 9.10. The maximum absolute atomic E-state index is 14.5. The molecule has 24 heavy (non-hydrogen) atoms. The van der Waals surface area contributed by atoms with Crippen LogP contribution in [-0.2, 0) is 9.53 Å². The lowest BCUT2D eigenvalue weighted by molar-refractivity contribution is -0.119. The fourth-order valence-electron chi connectivity index (χ4n) is 3.33. The minimum atomic E-state index is -0.833. The average molecular weight is 391 g/mol. The molecule has 1 atom stereocenters. The minimum absolute atomic E-state index is 0.0638. The number of benzene rings is 1. The van der Waals surface area contributed by atoms with Gasteiger partial charge in [0.2, 0.25) is 5.88 Å². The van der Waals surface area contributed by atoms with E-state index >= 15 is 0 Å². The van der Waals surface area contributed by atoms with Crippen LogP contribution in [0.3, 0.4) is 0 Å². The summed E-state index contributed by atoms with van der Waals surface area (Å²) < 4.78 is 20.7. The van der Waals surface area contributed by atoms with Crippen molar-refractivity contribution in [2.24, 2.45) is 11.1 Å². The zero-order valence-corrected chi connectivity index (χ0v) is 14.9. The van der Waals surface area contributed by atoms with Crippen molar-refractivity contribution in [2.75, 3.05) is 0 Å². The van der Waals surface area contributed by atoms with E-state index in [9.17, 15) is 14.4 Å². The zero-order chi connectivity index (χ0) is 17.6. The number of nitriles is 1. The molecule has 0 saturated heterocycles. The highest BCUT2D eigenvalue weighted by atomic mass is 79.9. The summed E-state index contributed by atoms with van der Waals surface area (Å²) in [7, 11) is 0. The largest absolute Gasteiger partial charge is 0.444 e. The summed E-state index contributed by atoms with van der Waals surface area (Å²) in [5, 5.41) is 9.50. The van der Waals surface area contributed by atoms with Crippen LogP contribution in [0, 0.1) is 22.6 Å². The molecule has 1 aromatic rings. The lowest BCUT2D eigenvalue weighted by atomic mass is 9.70. The van der Waals surface area contributed by atoms with E-state index in [-0.39, 0.29) is 28.2 Å². The van der Waals surface area contributed by atoms with Crippen molar-refractivity contribution in [3.63, 3.8) is 0 Å². The summed E-state index contributed by atoms with van der Waals surface area (Å²) in [6.07, 6.45) is 0.833. The topological polar surface area (TPSA) is 76.1 Å². The van der Waals surface area contributed by atoms with Crippen molar-refractivity contribution >= 4 is 21.7 Å². The van der Waals surface area contributed by atoms with Gasteiger partial charge in [0, 0.05) is 28.5 Å². The van der Waals surface area contributed by atoms with E-state index in [1.54, 1.807) is 12.1 Å². The molecule has 1 aliphatic heterocycles. The van der Waals surface area contributed by atoms with Gasteiger partial charge in [0.1, 0.15) is 23.2 Å². The minimum Gasteiger partial charge on any atom is -0.444 e. The van der Waals surface area contributed by atoms with Gasteiger partial charge in [0.05, 0.1) is 5.92 Å². The van der Waals surface area contributed by atoms with Crippen LogP contribution in [0.1, 0.15) is 38.2 Å². The second kappa shape index (κ2) is 5.75. The number of nitrogens with zero attached hydrogens (tertiary/aromatic N) is 1. The van der Waals surface area contributed by atoms with Crippen LogP contribution in [0.5, 0.6) is 0 Å². The molecule has 0 amide bonds. The second-order valence-electron chi connectivity index (χ2n) is 6.87. The number of carbonyl (C=O) groups excluding carboxylic acids is 1. The van der Waals surface area contributed by atoms with Crippen molar-refractivity contribution in [3.05, 3.63) is 56.8 Å². The van der Waals surface area contributed by atoms with Crippen LogP contribution in [0.25, 0.3) is 0 Å². The van der Waals surface area contributed by atoms with Crippen LogP contribution < -0.4 is 5.73 Å². The van der Waals surface area contributed by atoms with Crippen molar-refractivity contribution in [3.8, 4) is 6.07 Å². The molecule has 3 rings (SSSR count). The van der Waals surface area contributed by atoms with Crippen LogP contribution in [-0.4, -0.2) is 5.78 Å². The first-order valence-electron chi connectivity index (χ1n) is 7.52. The van der Waals surface area contributed by atoms with E-state index in [2.05, 4.69) is 15.9 Å². The normalized spacial score (nSPS) is 22.8. The molecule has 0 spiro atoms. The van der Waals surface area contributed by atoms with Gasteiger partial charge in [-0.25, -0.2) is 4.39 Å². The first-order valence-corrected chi connectivity index (χ1v) is 8.31. The Morgan fingerprint density at radius 1 is 1.42 bits per heavy atom. The first kappa shape index (κ1) is 16.7. The molecule has 0 aromatic heterocycles. The third-order valence-corrected chi connectivity index (χ3v) is 4.84. The van der Waals surface area contributed by atoms with Gasteiger partial charge in [-0.1, -0.05) is 29.8 Å². The fraction of sp³-hybridized carbons (Fsp3) is 0.333. The number of hydrogen-bond donors (Lipinski definition) is 1. The molecule has 1 aromatic carbocycles. The number of Topliss-reactive ketones (excluding diaryl/α,β-unsaturated/α-hetero) is 1. The highest BCUT2D eigenvalue weighted by Crippen LogP contribution is 2.48. The Hall–Kier alpha value is -2.13. The van der Waals surface area contributed by atoms with E-state index in [1.807, 2.05) is 19.9 Å². The molecule has 0 radical (unpaired) electrons. The van der Waals surface area contributed by atoms with Crippen LogP contribution in [0.4, 0.5) is 4.39 Å². The third kappa shape index (κ3) is 2.73. The van der Waals surface area contributed by atoms with Gasteiger partial charge in [0.25, 0.3) is 0 Å². The first-order chi connectivity index (χ1) is 11.2. The van der Waals surface area contributed by atoms with Crippen LogP contribution >= 0.6 is 15.9 Å². The van der Waals surface area contributed by atoms with Gasteiger partial charge in [-0.3, -0.25) is 4.79 Å². The molecule has 1 aliphatic carbocycles. The fourth-order valence-corrected chi connectivity index (χ4v) is 3.71. The SMILES string of the molecule is CC1(C)CC(=O)C2=C(C1)OC(N)=C(C#N)[C@@H]2c1cc(Br)ccc1F. The Bertz CT molecular complexity index is 849. The lowest BCUT2D eigenvalue weighted by Gasteiger charge is -2.37. The molecule has 6 heteroatoms. The Labute approximate surface area is 147 Å². The van der Waals surface area contributed by atoms with Gasteiger partial charge in [-0.05, 0) is 23.6 Å². The number of nitrogens with two attached hydrogens (primary N) is 1. The smallest absolute Gasteiger partial charge is 0.205 e. The monoisotopic (exact) mass is 390 g/mol. The number of halogens is 2. The zero-order valence-electron chi connectivity index (χ0n) is 13.3. The quantitative estimate of drug-likeness (QED) is 0.784. The maximum Gasteiger partial charge on any atom is 0.205 e. The number of ether oxygens (including phenoxy) is 1. The van der Waals surface area contributed by atoms with E-state index < -0.39 is 11.7 Å². The maximum atomic E-state index is 14.5. The van der Waals surface area contributed by atoms with Gasteiger partial charge >= 0.3 is 0 Å². The number of ketones is 1. The molecular weight excluding hydrogens is 375 g/mol. The summed E-state index contributed by atoms with van der Waals surface area (Å²) in [4.78, 5) is 12.7. The summed E-state index contributed by atoms with van der Waals surface area (Å²) >= 11 is 3.31. The second-order valence-corrected chi connectivity index (χ2v) is 7.78. The van der Waals surface area contributed by atoms with Crippen molar-refractivity contribution in [1.29, 1.82) is 5.26 Å². The van der Waals surface area contributed by atoms with E-state index in [4.69, 9.17) is 10.5 Å². The summed E-state index contributed by atoms with van der Waals surface area (Å²) in [5.74, 6) is -1.08. The molecule has 2 N–H and O–H groups in total. The molecular formula is C18H16BrFN2O2. The predicted molar refractivity (Wildman–Crippen MR) is 89.8 cm³/mol. The Morgan fingerprint density at radius 2 is 2.12 bits per heavy atom. The molecule has 0 fully saturated rings. The summed E-state index contributed by atoms with van der Waals surface area (Å²) in [6.45, 7) is 3.93. The number of carbonyl (C=O) groups is 1. The highest BCUT2D eigenvalue weighted by Gasteiger charge is 2.43. The Morgan fingerprint density at radius 3 is 2.79 bits per heavy atom. The molecule has 124 valence electrons. The van der Waals surface area contributed by atoms with Crippen molar-refractivity contribution in [1.82, 2.24) is 0 Å². The molecule has 0 saturated carbocycles. The third-order valence-electron chi connectivity index (χ3n) is 4.34. The molecule has 2 aliphatic rings.